The SMILES string of the molecule is CC(C)CNC(=O)CN(C)S(=O)(=O)c1ccccc1CN. The van der Waals surface area contributed by atoms with E-state index < -0.39 is 10.0 Å². The molecule has 3 N–H and O–H groups in total. The molecule has 0 spiro atoms. The number of nitrogens with one attached hydrogen (secondary N) is 1. The topological polar surface area (TPSA) is 92.5 Å². The van der Waals surface area contributed by atoms with Crippen LogP contribution >= 0.6 is 0 Å². The van der Waals surface area contributed by atoms with Crippen LogP contribution in [0.25, 0.3) is 0 Å². The summed E-state index contributed by atoms with van der Waals surface area (Å²) in [5.41, 5.74) is 6.10. The smallest absolute Gasteiger partial charge is 0.243 e. The molecular formula is C14H23N3O3S. The van der Waals surface area contributed by atoms with Crippen molar-refractivity contribution in [2.75, 3.05) is 20.1 Å². The molecule has 0 unspecified atom stereocenters. The van der Waals surface area contributed by atoms with E-state index >= 15 is 0 Å². The molecule has 7 heteroatoms. The van der Waals surface area contributed by atoms with Crippen LogP contribution < -0.4 is 11.1 Å². The van der Waals surface area contributed by atoms with E-state index in [0.29, 0.717) is 18.0 Å². The second-order valence-corrected chi connectivity index (χ2v) is 7.28. The maximum atomic E-state index is 12.5. The Balaban J connectivity index is 2.85. The van der Waals surface area contributed by atoms with Gasteiger partial charge < -0.3 is 11.1 Å². The van der Waals surface area contributed by atoms with Crippen molar-refractivity contribution in [3.63, 3.8) is 0 Å². The van der Waals surface area contributed by atoms with Gasteiger partial charge in [-0.25, -0.2) is 8.42 Å². The van der Waals surface area contributed by atoms with Crippen molar-refractivity contribution in [1.82, 2.24) is 9.62 Å². The summed E-state index contributed by atoms with van der Waals surface area (Å²) in [6, 6.07) is 6.54. The Hall–Kier alpha value is -1.44. The van der Waals surface area contributed by atoms with Crippen LogP contribution in [-0.2, 0) is 21.4 Å². The number of sulfonamides is 1. The van der Waals surface area contributed by atoms with Gasteiger partial charge in [-0.3, -0.25) is 4.79 Å². The second kappa shape index (κ2) is 7.53. The van der Waals surface area contributed by atoms with E-state index in [-0.39, 0.29) is 23.9 Å². The molecule has 118 valence electrons. The molecule has 0 bridgehead atoms. The van der Waals surface area contributed by atoms with E-state index in [0.717, 1.165) is 4.31 Å². The molecule has 1 rings (SSSR count). The number of benzene rings is 1. The highest BCUT2D eigenvalue weighted by molar-refractivity contribution is 7.89. The number of carbonyl (C=O) groups excluding carboxylic acids is 1. The van der Waals surface area contributed by atoms with Crippen molar-refractivity contribution in [3.05, 3.63) is 29.8 Å². The van der Waals surface area contributed by atoms with Crippen molar-refractivity contribution in [3.8, 4) is 0 Å². The van der Waals surface area contributed by atoms with Crippen molar-refractivity contribution >= 4 is 15.9 Å². The first-order chi connectivity index (χ1) is 9.78. The molecule has 0 fully saturated rings. The molecule has 1 aromatic carbocycles. The van der Waals surface area contributed by atoms with E-state index in [1.165, 1.54) is 13.1 Å². The Morgan fingerprint density at radius 3 is 2.52 bits per heavy atom. The minimum absolute atomic E-state index is 0.128. The van der Waals surface area contributed by atoms with E-state index in [1.54, 1.807) is 18.2 Å². The van der Waals surface area contributed by atoms with Crippen molar-refractivity contribution in [2.45, 2.75) is 25.3 Å². The largest absolute Gasteiger partial charge is 0.355 e. The zero-order valence-electron chi connectivity index (χ0n) is 12.7. The third-order valence-corrected chi connectivity index (χ3v) is 4.86. The lowest BCUT2D eigenvalue weighted by Gasteiger charge is -2.19. The minimum Gasteiger partial charge on any atom is -0.355 e. The normalized spacial score (nSPS) is 11.9. The van der Waals surface area contributed by atoms with Crippen LogP contribution in [0.3, 0.4) is 0 Å². The molecule has 0 aliphatic carbocycles. The molecule has 0 aliphatic rings. The number of hydrogen-bond donors (Lipinski definition) is 2. The number of rotatable bonds is 7. The fourth-order valence-electron chi connectivity index (χ4n) is 1.75. The molecule has 0 saturated carbocycles. The first kappa shape index (κ1) is 17.6. The van der Waals surface area contributed by atoms with Crippen LogP contribution in [0.2, 0.25) is 0 Å². The summed E-state index contributed by atoms with van der Waals surface area (Å²) in [4.78, 5) is 11.9. The second-order valence-electron chi connectivity index (χ2n) is 5.27. The molecule has 0 aliphatic heterocycles. The lowest BCUT2D eigenvalue weighted by atomic mass is 10.2. The number of amides is 1. The highest BCUT2D eigenvalue weighted by Crippen LogP contribution is 2.18. The van der Waals surface area contributed by atoms with E-state index in [1.807, 2.05) is 13.8 Å². The summed E-state index contributed by atoms with van der Waals surface area (Å²) in [5, 5.41) is 2.70. The molecule has 0 aromatic heterocycles. The lowest BCUT2D eigenvalue weighted by molar-refractivity contribution is -0.121. The Morgan fingerprint density at radius 1 is 1.33 bits per heavy atom. The Labute approximate surface area is 126 Å². The summed E-state index contributed by atoms with van der Waals surface area (Å²) >= 11 is 0. The monoisotopic (exact) mass is 313 g/mol. The molecule has 0 heterocycles. The molecule has 6 nitrogen and oxygen atoms in total. The highest BCUT2D eigenvalue weighted by Gasteiger charge is 2.24. The fourth-order valence-corrected chi connectivity index (χ4v) is 3.11. The van der Waals surface area contributed by atoms with E-state index in [4.69, 9.17) is 5.73 Å². The predicted molar refractivity (Wildman–Crippen MR) is 82.0 cm³/mol. The standard InChI is InChI=1S/C14H23N3O3S/c1-11(2)9-16-14(18)10-17(3)21(19,20)13-7-5-4-6-12(13)8-15/h4-7,11H,8-10,15H2,1-3H3,(H,16,18). The Bertz CT molecular complexity index is 585. The van der Waals surface area contributed by atoms with Crippen molar-refractivity contribution in [2.24, 2.45) is 11.7 Å². The van der Waals surface area contributed by atoms with E-state index in [9.17, 15) is 13.2 Å². The summed E-state index contributed by atoms with van der Waals surface area (Å²) in [5.74, 6) is -0.00571. The highest BCUT2D eigenvalue weighted by atomic mass is 32.2. The maximum absolute atomic E-state index is 12.5. The van der Waals surface area contributed by atoms with Crippen molar-refractivity contribution in [1.29, 1.82) is 0 Å². The van der Waals surface area contributed by atoms with Gasteiger partial charge in [-0.15, -0.1) is 0 Å². The first-order valence-corrected chi connectivity index (χ1v) is 8.24. The van der Waals surface area contributed by atoms with Gasteiger partial charge in [0.25, 0.3) is 0 Å². The van der Waals surface area contributed by atoms with Gasteiger partial charge in [0, 0.05) is 20.1 Å². The van der Waals surface area contributed by atoms with Gasteiger partial charge in [0.15, 0.2) is 0 Å². The molecular weight excluding hydrogens is 290 g/mol. The Kier molecular flexibility index (Phi) is 6.32. The minimum atomic E-state index is -3.72. The molecule has 0 radical (unpaired) electrons. The quantitative estimate of drug-likeness (QED) is 0.768. The van der Waals surface area contributed by atoms with Gasteiger partial charge >= 0.3 is 0 Å². The molecule has 0 saturated heterocycles. The summed E-state index contributed by atoms with van der Waals surface area (Å²) < 4.78 is 26.0. The van der Waals surface area contributed by atoms with Gasteiger partial charge in [0.1, 0.15) is 0 Å². The average molecular weight is 313 g/mol. The zero-order chi connectivity index (χ0) is 16.0. The number of carbonyl (C=O) groups is 1. The maximum Gasteiger partial charge on any atom is 0.243 e. The van der Waals surface area contributed by atoms with Crippen LogP contribution in [0.5, 0.6) is 0 Å². The average Bonchev–Trinajstić information content (AvgIpc) is 2.44. The van der Waals surface area contributed by atoms with Gasteiger partial charge in [-0.2, -0.15) is 4.31 Å². The van der Waals surface area contributed by atoms with Crippen molar-refractivity contribution < 1.29 is 13.2 Å². The number of nitrogens with zero attached hydrogens (tertiary/aromatic N) is 1. The predicted octanol–water partition coefficient (Wildman–Crippen LogP) is 0.538. The zero-order valence-corrected chi connectivity index (χ0v) is 13.5. The van der Waals surface area contributed by atoms with Gasteiger partial charge in [-0.05, 0) is 17.5 Å². The molecule has 1 amide bonds. The summed E-state index contributed by atoms with van der Waals surface area (Å²) in [7, 11) is -2.34. The van der Waals surface area contributed by atoms with Crippen LogP contribution in [0.1, 0.15) is 19.4 Å². The first-order valence-electron chi connectivity index (χ1n) is 6.80. The number of nitrogens with two attached hydrogens (primary N) is 1. The summed E-state index contributed by atoms with van der Waals surface area (Å²) in [6.07, 6.45) is 0. The lowest BCUT2D eigenvalue weighted by Crippen LogP contribution is -2.39. The van der Waals surface area contributed by atoms with Crippen LogP contribution in [-0.4, -0.2) is 38.8 Å². The van der Waals surface area contributed by atoms with Gasteiger partial charge in [0.05, 0.1) is 11.4 Å². The van der Waals surface area contributed by atoms with Crippen LogP contribution in [0.15, 0.2) is 29.2 Å². The van der Waals surface area contributed by atoms with Gasteiger partial charge in [-0.1, -0.05) is 32.0 Å². The molecule has 0 atom stereocenters. The summed E-state index contributed by atoms with van der Waals surface area (Å²) in [6.45, 7) is 4.37. The van der Waals surface area contributed by atoms with Gasteiger partial charge in [0.2, 0.25) is 15.9 Å². The van der Waals surface area contributed by atoms with E-state index in [2.05, 4.69) is 5.32 Å². The third kappa shape index (κ3) is 4.80. The van der Waals surface area contributed by atoms with Crippen LogP contribution in [0.4, 0.5) is 0 Å². The Morgan fingerprint density at radius 2 is 1.95 bits per heavy atom. The van der Waals surface area contributed by atoms with Crippen LogP contribution in [0, 0.1) is 5.92 Å². The third-order valence-electron chi connectivity index (χ3n) is 2.95. The molecule has 1 aromatic rings. The fraction of sp³-hybridized carbons (Fsp3) is 0.500. The number of hydrogen-bond acceptors (Lipinski definition) is 4. The molecule has 21 heavy (non-hydrogen) atoms. The number of likely N-dealkylation sites (N-methyl/N-ethyl adjacent to an activating group) is 1.